The topological polar surface area (TPSA) is 15.3 Å². The van der Waals surface area contributed by atoms with E-state index in [4.69, 9.17) is 11.6 Å². The summed E-state index contributed by atoms with van der Waals surface area (Å²) in [6.07, 6.45) is -1.05. The molecule has 1 N–H and O–H groups in total. The minimum absolute atomic E-state index is 0. The molecule has 2 nitrogen and oxygen atoms in total. The van der Waals surface area contributed by atoms with Crippen LogP contribution in [0.15, 0.2) is 18.2 Å². The van der Waals surface area contributed by atoms with Gasteiger partial charge in [-0.1, -0.05) is 24.4 Å². The molecule has 1 aromatic rings. The predicted molar refractivity (Wildman–Crippen MR) is 95.5 cm³/mol. The highest BCUT2D eigenvalue weighted by Gasteiger charge is 2.34. The third-order valence-corrected chi connectivity index (χ3v) is 4.70. The lowest BCUT2D eigenvalue weighted by Gasteiger charge is -2.35. The summed E-state index contributed by atoms with van der Waals surface area (Å²) in [5, 5.41) is 3.46. The Morgan fingerprint density at radius 3 is 2.29 bits per heavy atom. The second kappa shape index (κ2) is 8.95. The van der Waals surface area contributed by atoms with Gasteiger partial charge in [0.2, 0.25) is 0 Å². The molecule has 1 heterocycles. The zero-order chi connectivity index (χ0) is 15.7. The molecule has 1 saturated carbocycles. The van der Waals surface area contributed by atoms with E-state index in [1.807, 2.05) is 0 Å². The summed E-state index contributed by atoms with van der Waals surface area (Å²) in [6, 6.07) is 4.03. The van der Waals surface area contributed by atoms with E-state index in [0.29, 0.717) is 11.5 Å². The van der Waals surface area contributed by atoms with Gasteiger partial charge >= 0.3 is 6.18 Å². The number of halogens is 6. The first-order valence-corrected chi connectivity index (χ1v) is 8.14. The maximum atomic E-state index is 13.0. The van der Waals surface area contributed by atoms with E-state index in [1.165, 1.54) is 18.9 Å². The number of nitrogens with zero attached hydrogens (tertiary/aromatic N) is 1. The van der Waals surface area contributed by atoms with Gasteiger partial charge in [-0.25, -0.2) is 0 Å². The molecule has 0 unspecified atom stereocenters. The number of nitrogens with one attached hydrogen (secondary N) is 1. The van der Waals surface area contributed by atoms with Gasteiger partial charge in [0.1, 0.15) is 0 Å². The number of hydrogen-bond donors (Lipinski definition) is 1. The van der Waals surface area contributed by atoms with Gasteiger partial charge in [0.15, 0.2) is 0 Å². The van der Waals surface area contributed by atoms with Crippen LogP contribution in [0.5, 0.6) is 0 Å². The van der Waals surface area contributed by atoms with Crippen molar-refractivity contribution >= 4 is 36.4 Å². The van der Waals surface area contributed by atoms with Crippen LogP contribution in [-0.4, -0.2) is 31.1 Å². The third-order valence-electron chi connectivity index (χ3n) is 4.48. The lowest BCUT2D eigenvalue weighted by Crippen LogP contribution is -2.45. The van der Waals surface area contributed by atoms with Crippen molar-refractivity contribution in [3.8, 4) is 0 Å². The average Bonchev–Trinajstić information content (AvgIpc) is 3.28. The molecular formula is C16H22Cl3F3N2. The average molecular weight is 406 g/mol. The van der Waals surface area contributed by atoms with Crippen LogP contribution in [-0.2, 0) is 6.18 Å². The predicted octanol–water partition coefficient (Wildman–Crippen LogP) is 4.95. The van der Waals surface area contributed by atoms with Gasteiger partial charge in [0, 0.05) is 37.2 Å². The first kappa shape index (κ1) is 21.8. The number of piperazine rings is 1. The minimum Gasteiger partial charge on any atom is -0.314 e. The fourth-order valence-corrected chi connectivity index (χ4v) is 3.37. The Hall–Kier alpha value is -0.200. The second-order valence-corrected chi connectivity index (χ2v) is 6.69. The summed E-state index contributed by atoms with van der Waals surface area (Å²) in [5.41, 5.74) is 0.0551. The van der Waals surface area contributed by atoms with Crippen molar-refractivity contribution in [1.82, 2.24) is 10.2 Å². The van der Waals surface area contributed by atoms with Gasteiger partial charge in [-0.05, 0) is 36.1 Å². The summed E-state index contributed by atoms with van der Waals surface area (Å²) in [5.74, 6) is 0.646. The van der Waals surface area contributed by atoms with E-state index in [1.54, 1.807) is 6.07 Å². The molecule has 138 valence electrons. The van der Waals surface area contributed by atoms with Gasteiger partial charge in [0.05, 0.1) is 5.56 Å². The Morgan fingerprint density at radius 2 is 1.75 bits per heavy atom. The normalized spacial score (nSPS) is 20.0. The molecule has 3 rings (SSSR count). The molecule has 1 saturated heterocycles. The van der Waals surface area contributed by atoms with Crippen LogP contribution in [0, 0.1) is 5.92 Å². The van der Waals surface area contributed by atoms with E-state index >= 15 is 0 Å². The third kappa shape index (κ3) is 5.67. The number of alkyl halides is 3. The quantitative estimate of drug-likeness (QED) is 0.762. The fraction of sp³-hybridized carbons (Fsp3) is 0.625. The zero-order valence-corrected chi connectivity index (χ0v) is 15.5. The molecule has 0 radical (unpaired) electrons. The highest BCUT2D eigenvalue weighted by molar-refractivity contribution is 6.30. The van der Waals surface area contributed by atoms with E-state index in [2.05, 4.69) is 10.2 Å². The van der Waals surface area contributed by atoms with Gasteiger partial charge in [-0.15, -0.1) is 24.8 Å². The van der Waals surface area contributed by atoms with E-state index < -0.39 is 11.7 Å². The Bertz CT molecular complexity index is 530. The Morgan fingerprint density at radius 1 is 1.12 bits per heavy atom. The molecule has 0 spiro atoms. The zero-order valence-electron chi connectivity index (χ0n) is 13.1. The van der Waals surface area contributed by atoms with E-state index in [0.717, 1.165) is 38.7 Å². The van der Waals surface area contributed by atoms with Crippen LogP contribution >= 0.6 is 36.4 Å². The molecule has 1 atom stereocenters. The molecule has 8 heteroatoms. The summed E-state index contributed by atoms with van der Waals surface area (Å²) in [7, 11) is 0. The summed E-state index contributed by atoms with van der Waals surface area (Å²) < 4.78 is 39.1. The first-order valence-electron chi connectivity index (χ1n) is 7.76. The molecule has 1 aromatic carbocycles. The van der Waals surface area contributed by atoms with Crippen molar-refractivity contribution in [1.29, 1.82) is 0 Å². The fourth-order valence-electron chi connectivity index (χ4n) is 3.13. The second-order valence-electron chi connectivity index (χ2n) is 6.25. The maximum Gasteiger partial charge on any atom is 0.416 e. The number of rotatable bonds is 4. The number of benzene rings is 1. The highest BCUT2D eigenvalue weighted by Crippen LogP contribution is 2.42. The largest absolute Gasteiger partial charge is 0.416 e. The molecule has 0 aromatic heterocycles. The summed E-state index contributed by atoms with van der Waals surface area (Å²) in [6.45, 7) is 3.50. The monoisotopic (exact) mass is 404 g/mol. The number of hydrogen-bond acceptors (Lipinski definition) is 2. The van der Waals surface area contributed by atoms with Crippen molar-refractivity contribution in [2.45, 2.75) is 31.5 Å². The molecule has 0 amide bonds. The Kier molecular flexibility index (Phi) is 8.14. The molecular weight excluding hydrogens is 384 g/mol. The van der Waals surface area contributed by atoms with Crippen molar-refractivity contribution in [2.75, 3.05) is 26.2 Å². The molecule has 24 heavy (non-hydrogen) atoms. The minimum atomic E-state index is -4.35. The van der Waals surface area contributed by atoms with Crippen LogP contribution in [0.25, 0.3) is 0 Å². The van der Waals surface area contributed by atoms with Crippen LogP contribution in [0.3, 0.4) is 0 Å². The van der Waals surface area contributed by atoms with Crippen molar-refractivity contribution < 1.29 is 13.2 Å². The lowest BCUT2D eigenvalue weighted by atomic mass is 9.97. The van der Waals surface area contributed by atoms with Crippen LogP contribution in [0.2, 0.25) is 5.02 Å². The van der Waals surface area contributed by atoms with Crippen LogP contribution < -0.4 is 5.32 Å². The summed E-state index contributed by atoms with van der Waals surface area (Å²) in [4.78, 5) is 2.29. The van der Waals surface area contributed by atoms with Gasteiger partial charge in [-0.2, -0.15) is 13.2 Å². The highest BCUT2D eigenvalue weighted by atomic mass is 35.5. The van der Waals surface area contributed by atoms with Crippen LogP contribution in [0.4, 0.5) is 13.2 Å². The smallest absolute Gasteiger partial charge is 0.314 e. The van der Waals surface area contributed by atoms with Crippen molar-refractivity contribution in [3.05, 3.63) is 34.3 Å². The molecule has 0 bridgehead atoms. The maximum absolute atomic E-state index is 13.0. The lowest BCUT2D eigenvalue weighted by molar-refractivity contribution is -0.137. The van der Waals surface area contributed by atoms with E-state index in [-0.39, 0.29) is 35.9 Å². The molecule has 2 fully saturated rings. The van der Waals surface area contributed by atoms with Crippen molar-refractivity contribution in [3.63, 3.8) is 0 Å². The first-order chi connectivity index (χ1) is 10.4. The van der Waals surface area contributed by atoms with Crippen molar-refractivity contribution in [2.24, 2.45) is 5.92 Å². The van der Waals surface area contributed by atoms with Gasteiger partial charge in [-0.3, -0.25) is 4.90 Å². The van der Waals surface area contributed by atoms with E-state index in [9.17, 15) is 13.2 Å². The molecule has 1 aliphatic carbocycles. The molecule has 2 aliphatic rings. The molecule has 1 aliphatic heterocycles. The Balaban J connectivity index is 0.00000144. The SMILES string of the molecule is Cl.Cl.FC(F)(F)c1cc(Cl)cc([C@H](CC2CC2)N2CCNCC2)c1. The van der Waals surface area contributed by atoms with Gasteiger partial charge in [0.25, 0.3) is 0 Å². The standard InChI is InChI=1S/C16H20ClF3N2.2ClH/c17-14-9-12(8-13(10-14)16(18,19)20)15(7-11-1-2-11)22-5-3-21-4-6-22;;/h8-11,15,21H,1-7H2;2*1H/t15-;;/m0../s1. The Labute approximate surface area is 157 Å². The van der Waals surface area contributed by atoms with Gasteiger partial charge < -0.3 is 5.32 Å². The van der Waals surface area contributed by atoms with Crippen LogP contribution in [0.1, 0.15) is 36.4 Å². The summed E-state index contributed by atoms with van der Waals surface area (Å²) >= 11 is 5.96.